The van der Waals surface area contributed by atoms with Crippen LogP contribution in [0, 0.1) is 5.82 Å². The summed E-state index contributed by atoms with van der Waals surface area (Å²) in [5.74, 6) is 0.0145. The molecular formula is C18H20ClFO2. The van der Waals surface area contributed by atoms with E-state index in [1.54, 1.807) is 24.3 Å². The van der Waals surface area contributed by atoms with Crippen molar-refractivity contribution in [3.63, 3.8) is 0 Å². The molecule has 0 saturated heterocycles. The lowest BCUT2D eigenvalue weighted by molar-refractivity contribution is 0.406. The minimum atomic E-state index is -0.364. The quantitative estimate of drug-likeness (QED) is 0.624. The van der Waals surface area contributed by atoms with Gasteiger partial charge in [0.2, 0.25) is 0 Å². The van der Waals surface area contributed by atoms with Gasteiger partial charge in [-0.2, -0.15) is 0 Å². The van der Waals surface area contributed by atoms with Gasteiger partial charge in [-0.25, -0.2) is 4.39 Å². The Labute approximate surface area is 135 Å². The van der Waals surface area contributed by atoms with Crippen molar-refractivity contribution in [3.05, 3.63) is 52.8 Å². The summed E-state index contributed by atoms with van der Waals surface area (Å²) in [5, 5.41) is 10.4. The lowest BCUT2D eigenvalue weighted by Crippen LogP contribution is -1.94. The minimum absolute atomic E-state index is 0.0721. The van der Waals surface area contributed by atoms with E-state index in [0.29, 0.717) is 22.8 Å². The normalized spacial score (nSPS) is 10.7. The first kappa shape index (κ1) is 16.6. The largest absolute Gasteiger partial charge is 0.504 e. The molecule has 118 valence electrons. The van der Waals surface area contributed by atoms with Crippen molar-refractivity contribution < 1.29 is 14.2 Å². The average Bonchev–Trinajstić information content (AvgIpc) is 2.50. The van der Waals surface area contributed by atoms with E-state index in [0.717, 1.165) is 25.7 Å². The predicted octanol–water partition coefficient (Wildman–Crippen LogP) is 6.10. The van der Waals surface area contributed by atoms with Crippen molar-refractivity contribution in [2.24, 2.45) is 0 Å². The molecule has 0 bridgehead atoms. The van der Waals surface area contributed by atoms with E-state index in [1.807, 2.05) is 0 Å². The number of para-hydroxylation sites is 1. The van der Waals surface area contributed by atoms with Crippen LogP contribution in [0.3, 0.4) is 0 Å². The third kappa shape index (κ3) is 4.38. The number of benzene rings is 2. The highest BCUT2D eigenvalue weighted by Gasteiger charge is 2.12. The van der Waals surface area contributed by atoms with Crippen LogP contribution in [-0.2, 0) is 6.42 Å². The van der Waals surface area contributed by atoms with Crippen LogP contribution in [0.15, 0.2) is 36.4 Å². The zero-order valence-electron chi connectivity index (χ0n) is 12.6. The number of hydrogen-bond acceptors (Lipinski definition) is 2. The molecule has 0 spiro atoms. The third-order valence-electron chi connectivity index (χ3n) is 3.48. The lowest BCUT2D eigenvalue weighted by atomic mass is 10.1. The molecule has 22 heavy (non-hydrogen) atoms. The standard InChI is InChI=1S/C18H20ClFO2/c1-2-3-4-5-8-13-11-16(21)18(12-15(13)20)22-17-10-7-6-9-14(17)19/h6-7,9-12,21H,2-5,8H2,1H3. The van der Waals surface area contributed by atoms with E-state index in [4.69, 9.17) is 16.3 Å². The van der Waals surface area contributed by atoms with Gasteiger partial charge in [0.25, 0.3) is 0 Å². The van der Waals surface area contributed by atoms with Gasteiger partial charge < -0.3 is 9.84 Å². The predicted molar refractivity (Wildman–Crippen MR) is 87.4 cm³/mol. The number of phenolic OH excluding ortho intramolecular Hbond substituents is 1. The summed E-state index contributed by atoms with van der Waals surface area (Å²) < 4.78 is 19.6. The van der Waals surface area contributed by atoms with Gasteiger partial charge in [0.05, 0.1) is 5.02 Å². The van der Waals surface area contributed by atoms with E-state index in [9.17, 15) is 9.50 Å². The molecule has 0 aliphatic carbocycles. The first-order chi connectivity index (χ1) is 10.6. The molecule has 2 rings (SSSR count). The smallest absolute Gasteiger partial charge is 0.172 e. The summed E-state index contributed by atoms with van der Waals surface area (Å²) in [7, 11) is 0. The van der Waals surface area contributed by atoms with Crippen LogP contribution < -0.4 is 4.74 Å². The molecule has 4 heteroatoms. The molecule has 0 atom stereocenters. The molecule has 2 aromatic carbocycles. The maximum atomic E-state index is 14.1. The van der Waals surface area contributed by atoms with Crippen molar-refractivity contribution in [1.82, 2.24) is 0 Å². The molecule has 0 saturated carbocycles. The van der Waals surface area contributed by atoms with E-state index in [-0.39, 0.29) is 17.3 Å². The van der Waals surface area contributed by atoms with Crippen molar-refractivity contribution >= 4 is 11.6 Å². The van der Waals surface area contributed by atoms with Gasteiger partial charge in [0.1, 0.15) is 11.6 Å². The number of phenols is 1. The summed E-state index contributed by atoms with van der Waals surface area (Å²) in [6, 6.07) is 9.53. The van der Waals surface area contributed by atoms with Gasteiger partial charge >= 0.3 is 0 Å². The van der Waals surface area contributed by atoms with E-state index in [2.05, 4.69) is 6.92 Å². The van der Waals surface area contributed by atoms with Crippen LogP contribution in [-0.4, -0.2) is 5.11 Å². The summed E-state index contributed by atoms with van der Waals surface area (Å²) in [6.45, 7) is 2.13. The maximum absolute atomic E-state index is 14.1. The van der Waals surface area contributed by atoms with Crippen molar-refractivity contribution in [2.75, 3.05) is 0 Å². The number of aromatic hydroxyl groups is 1. The molecule has 0 fully saturated rings. The van der Waals surface area contributed by atoms with Gasteiger partial charge in [-0.1, -0.05) is 49.9 Å². The monoisotopic (exact) mass is 322 g/mol. The molecule has 2 nitrogen and oxygen atoms in total. The SMILES string of the molecule is CCCCCCc1cc(O)c(Oc2ccccc2Cl)cc1F. The first-order valence-electron chi connectivity index (χ1n) is 7.55. The molecule has 0 aliphatic rings. The fourth-order valence-corrected chi connectivity index (χ4v) is 2.42. The molecule has 0 aromatic heterocycles. The highest BCUT2D eigenvalue weighted by atomic mass is 35.5. The van der Waals surface area contributed by atoms with Crippen LogP contribution >= 0.6 is 11.6 Å². The number of aryl methyl sites for hydroxylation is 1. The Morgan fingerprint density at radius 3 is 2.59 bits per heavy atom. The number of rotatable bonds is 7. The van der Waals surface area contributed by atoms with E-state index >= 15 is 0 Å². The van der Waals surface area contributed by atoms with Gasteiger partial charge in [0.15, 0.2) is 11.5 Å². The number of ether oxygens (including phenoxy) is 1. The molecule has 1 N–H and O–H groups in total. The van der Waals surface area contributed by atoms with Crippen LogP contribution in [0.2, 0.25) is 5.02 Å². The Kier molecular flexibility index (Phi) is 6.08. The second kappa shape index (κ2) is 8.04. The number of hydrogen-bond donors (Lipinski definition) is 1. The van der Waals surface area contributed by atoms with Gasteiger partial charge in [0, 0.05) is 6.07 Å². The van der Waals surface area contributed by atoms with Crippen LogP contribution in [0.5, 0.6) is 17.2 Å². The zero-order chi connectivity index (χ0) is 15.9. The minimum Gasteiger partial charge on any atom is -0.504 e. The summed E-state index contributed by atoms with van der Waals surface area (Å²) in [6.07, 6.45) is 4.87. The third-order valence-corrected chi connectivity index (χ3v) is 3.80. The molecule has 0 aliphatic heterocycles. The average molecular weight is 323 g/mol. The van der Waals surface area contributed by atoms with Crippen molar-refractivity contribution in [1.29, 1.82) is 0 Å². The highest BCUT2D eigenvalue weighted by Crippen LogP contribution is 2.36. The molecular weight excluding hydrogens is 303 g/mol. The Balaban J connectivity index is 2.11. The second-order valence-electron chi connectivity index (χ2n) is 5.25. The van der Waals surface area contributed by atoms with Crippen LogP contribution in [0.1, 0.15) is 38.2 Å². The molecule has 0 unspecified atom stereocenters. The van der Waals surface area contributed by atoms with Gasteiger partial charge in [-0.3, -0.25) is 0 Å². The second-order valence-corrected chi connectivity index (χ2v) is 5.66. The fourth-order valence-electron chi connectivity index (χ4n) is 2.25. The Hall–Kier alpha value is -1.74. The zero-order valence-corrected chi connectivity index (χ0v) is 13.4. The van der Waals surface area contributed by atoms with Gasteiger partial charge in [-0.05, 0) is 36.6 Å². The van der Waals surface area contributed by atoms with E-state index < -0.39 is 0 Å². The summed E-state index contributed by atoms with van der Waals surface area (Å²) in [4.78, 5) is 0. The van der Waals surface area contributed by atoms with Crippen molar-refractivity contribution in [3.8, 4) is 17.2 Å². The van der Waals surface area contributed by atoms with Crippen LogP contribution in [0.25, 0.3) is 0 Å². The fraction of sp³-hybridized carbons (Fsp3) is 0.333. The first-order valence-corrected chi connectivity index (χ1v) is 7.93. The molecule has 0 radical (unpaired) electrons. The summed E-state index contributed by atoms with van der Waals surface area (Å²) in [5.41, 5.74) is 0.514. The van der Waals surface area contributed by atoms with Crippen LogP contribution in [0.4, 0.5) is 4.39 Å². The maximum Gasteiger partial charge on any atom is 0.172 e. The number of unbranched alkanes of at least 4 members (excludes halogenated alkanes) is 3. The highest BCUT2D eigenvalue weighted by molar-refractivity contribution is 6.32. The van der Waals surface area contributed by atoms with Crippen molar-refractivity contribution in [2.45, 2.75) is 39.0 Å². The van der Waals surface area contributed by atoms with Gasteiger partial charge in [-0.15, -0.1) is 0 Å². The Bertz CT molecular complexity index is 628. The summed E-state index contributed by atoms with van der Waals surface area (Å²) >= 11 is 6.00. The van der Waals surface area contributed by atoms with E-state index in [1.165, 1.54) is 12.1 Å². The molecule has 0 heterocycles. The molecule has 2 aromatic rings. The Morgan fingerprint density at radius 2 is 1.86 bits per heavy atom. The topological polar surface area (TPSA) is 29.5 Å². The number of halogens is 2. The lowest BCUT2D eigenvalue weighted by Gasteiger charge is -2.11. The molecule has 0 amide bonds. The Morgan fingerprint density at radius 1 is 1.09 bits per heavy atom.